The number of anilines is 1. The first-order chi connectivity index (χ1) is 13.0. The van der Waals surface area contributed by atoms with Crippen molar-refractivity contribution in [2.75, 3.05) is 5.32 Å². The Hall–Kier alpha value is -3.31. The maximum atomic E-state index is 12.6. The highest BCUT2D eigenvalue weighted by atomic mass is 35.5. The average Bonchev–Trinajstić information content (AvgIpc) is 3.06. The van der Waals surface area contributed by atoms with E-state index in [1.54, 1.807) is 41.0 Å². The van der Waals surface area contributed by atoms with Gasteiger partial charge < -0.3 is 10.3 Å². The summed E-state index contributed by atoms with van der Waals surface area (Å²) in [6.07, 6.45) is 0. The van der Waals surface area contributed by atoms with Crippen LogP contribution in [0.3, 0.4) is 0 Å². The van der Waals surface area contributed by atoms with Crippen molar-refractivity contribution in [3.8, 4) is 5.69 Å². The minimum absolute atomic E-state index is 0.170. The summed E-state index contributed by atoms with van der Waals surface area (Å²) in [5.74, 6) is -0.309. The van der Waals surface area contributed by atoms with E-state index >= 15 is 0 Å². The van der Waals surface area contributed by atoms with Crippen LogP contribution in [0.4, 0.5) is 5.69 Å². The fraction of sp³-hybridized carbons (Fsp3) is 0.0476. The Kier molecular flexibility index (Phi) is 4.30. The first-order valence-corrected chi connectivity index (χ1v) is 8.78. The number of benzene rings is 2. The second kappa shape index (κ2) is 6.78. The van der Waals surface area contributed by atoms with Crippen molar-refractivity contribution in [1.29, 1.82) is 0 Å². The number of nitrogens with zero attached hydrogens (tertiary/aromatic N) is 1. The summed E-state index contributed by atoms with van der Waals surface area (Å²) in [6.45, 7) is 1.97. The van der Waals surface area contributed by atoms with Gasteiger partial charge in [0.2, 0.25) is 0 Å². The number of carbonyl (C=O) groups is 1. The molecular formula is C21H16ClN3O2. The number of rotatable bonds is 3. The summed E-state index contributed by atoms with van der Waals surface area (Å²) in [6, 6.07) is 19.5. The lowest BCUT2D eigenvalue weighted by Gasteiger charge is -2.08. The number of carbonyl (C=O) groups excluding carboxylic acids is 1. The largest absolute Gasteiger partial charge is 0.336 e. The van der Waals surface area contributed by atoms with Crippen LogP contribution in [0.2, 0.25) is 5.02 Å². The molecule has 1 amide bonds. The minimum atomic E-state index is -0.309. The third-order valence-corrected chi connectivity index (χ3v) is 4.50. The Morgan fingerprint density at radius 2 is 1.85 bits per heavy atom. The van der Waals surface area contributed by atoms with Gasteiger partial charge in [0.25, 0.3) is 11.5 Å². The molecule has 5 nitrogen and oxygen atoms in total. The SMILES string of the molecule is Cc1cccc(-n2c(=O)ccc3cc(C(=O)Nc4cccc(Cl)c4)[nH]c32)c1. The standard InChI is InChI=1S/C21H16ClN3O2/c1-13-4-2-7-17(10-13)25-19(26)9-8-14-11-18(24-20(14)25)21(27)23-16-6-3-5-15(22)12-16/h2-12,24H,1H3,(H,23,27). The van der Waals surface area contributed by atoms with Crippen molar-refractivity contribution in [3.05, 3.63) is 93.4 Å². The van der Waals surface area contributed by atoms with Crippen molar-refractivity contribution < 1.29 is 4.79 Å². The molecule has 0 radical (unpaired) electrons. The topological polar surface area (TPSA) is 66.9 Å². The lowest BCUT2D eigenvalue weighted by Crippen LogP contribution is -2.17. The summed E-state index contributed by atoms with van der Waals surface area (Å²) in [5, 5.41) is 4.11. The summed E-state index contributed by atoms with van der Waals surface area (Å²) >= 11 is 5.96. The molecule has 2 heterocycles. The molecule has 0 saturated carbocycles. The molecule has 4 rings (SSSR count). The lowest BCUT2D eigenvalue weighted by atomic mass is 10.2. The first kappa shape index (κ1) is 17.1. The van der Waals surface area contributed by atoms with E-state index in [1.807, 2.05) is 31.2 Å². The Balaban J connectivity index is 1.77. The number of pyridine rings is 1. The lowest BCUT2D eigenvalue weighted by molar-refractivity contribution is 0.102. The van der Waals surface area contributed by atoms with E-state index in [0.29, 0.717) is 22.1 Å². The molecule has 0 fully saturated rings. The van der Waals surface area contributed by atoms with Crippen LogP contribution < -0.4 is 10.9 Å². The van der Waals surface area contributed by atoms with E-state index in [9.17, 15) is 9.59 Å². The number of hydrogen-bond acceptors (Lipinski definition) is 2. The van der Waals surface area contributed by atoms with Crippen LogP contribution in [0.15, 0.2) is 71.5 Å². The molecule has 0 spiro atoms. The molecule has 0 aliphatic carbocycles. The van der Waals surface area contributed by atoms with Crippen LogP contribution in [-0.2, 0) is 0 Å². The molecule has 4 aromatic rings. The van der Waals surface area contributed by atoms with E-state index in [-0.39, 0.29) is 11.5 Å². The number of aromatic nitrogens is 2. The number of fused-ring (bicyclic) bond motifs is 1. The highest BCUT2D eigenvalue weighted by Crippen LogP contribution is 2.20. The van der Waals surface area contributed by atoms with Crippen molar-refractivity contribution in [2.24, 2.45) is 0 Å². The molecule has 0 bridgehead atoms. The number of halogens is 1. The molecule has 2 aromatic carbocycles. The Bertz CT molecular complexity index is 1220. The maximum absolute atomic E-state index is 12.6. The predicted molar refractivity (Wildman–Crippen MR) is 108 cm³/mol. The van der Waals surface area contributed by atoms with Gasteiger partial charge in [0.05, 0.1) is 5.69 Å². The van der Waals surface area contributed by atoms with E-state index in [2.05, 4.69) is 10.3 Å². The molecular weight excluding hydrogens is 362 g/mol. The van der Waals surface area contributed by atoms with Crippen LogP contribution in [0, 0.1) is 6.92 Å². The quantitative estimate of drug-likeness (QED) is 0.550. The van der Waals surface area contributed by atoms with Gasteiger partial charge in [0, 0.05) is 22.2 Å². The van der Waals surface area contributed by atoms with Gasteiger partial charge in [-0.05, 0) is 55.0 Å². The normalized spacial score (nSPS) is 10.9. The van der Waals surface area contributed by atoms with Crippen LogP contribution in [-0.4, -0.2) is 15.5 Å². The minimum Gasteiger partial charge on any atom is -0.336 e. The maximum Gasteiger partial charge on any atom is 0.272 e. The van der Waals surface area contributed by atoms with Crippen molar-refractivity contribution in [3.63, 3.8) is 0 Å². The van der Waals surface area contributed by atoms with Crippen LogP contribution in [0.5, 0.6) is 0 Å². The molecule has 0 atom stereocenters. The second-order valence-corrected chi connectivity index (χ2v) is 6.73. The van der Waals surface area contributed by atoms with Crippen LogP contribution >= 0.6 is 11.6 Å². The third-order valence-electron chi connectivity index (χ3n) is 4.26. The van der Waals surface area contributed by atoms with E-state index < -0.39 is 0 Å². The van der Waals surface area contributed by atoms with Gasteiger partial charge in [0.1, 0.15) is 11.3 Å². The summed E-state index contributed by atoms with van der Waals surface area (Å²) in [5.41, 5.74) is 3.15. The Morgan fingerprint density at radius 3 is 2.63 bits per heavy atom. The van der Waals surface area contributed by atoms with E-state index in [0.717, 1.165) is 16.6 Å². The number of hydrogen-bond donors (Lipinski definition) is 2. The average molecular weight is 378 g/mol. The van der Waals surface area contributed by atoms with Crippen molar-refractivity contribution in [1.82, 2.24) is 9.55 Å². The second-order valence-electron chi connectivity index (χ2n) is 6.30. The van der Waals surface area contributed by atoms with Gasteiger partial charge >= 0.3 is 0 Å². The van der Waals surface area contributed by atoms with Gasteiger partial charge in [-0.25, -0.2) is 0 Å². The molecule has 0 unspecified atom stereocenters. The van der Waals surface area contributed by atoms with Gasteiger partial charge in [-0.15, -0.1) is 0 Å². The molecule has 134 valence electrons. The number of H-pyrrole nitrogens is 1. The fourth-order valence-corrected chi connectivity index (χ4v) is 3.22. The molecule has 0 aliphatic heterocycles. The van der Waals surface area contributed by atoms with Crippen molar-refractivity contribution in [2.45, 2.75) is 6.92 Å². The van der Waals surface area contributed by atoms with Gasteiger partial charge in [-0.3, -0.25) is 14.2 Å². The first-order valence-electron chi connectivity index (χ1n) is 8.40. The zero-order valence-corrected chi connectivity index (χ0v) is 15.2. The molecule has 6 heteroatoms. The third kappa shape index (κ3) is 3.37. The van der Waals surface area contributed by atoms with E-state index in [4.69, 9.17) is 11.6 Å². The Morgan fingerprint density at radius 1 is 1.04 bits per heavy atom. The number of aromatic amines is 1. The summed E-state index contributed by atoms with van der Waals surface area (Å²) in [4.78, 5) is 28.2. The smallest absolute Gasteiger partial charge is 0.272 e. The number of amides is 1. The van der Waals surface area contributed by atoms with E-state index in [1.165, 1.54) is 6.07 Å². The summed E-state index contributed by atoms with van der Waals surface area (Å²) < 4.78 is 1.57. The zero-order chi connectivity index (χ0) is 19.0. The Labute approximate surface area is 160 Å². The molecule has 0 aliphatic rings. The molecule has 27 heavy (non-hydrogen) atoms. The fourth-order valence-electron chi connectivity index (χ4n) is 3.03. The van der Waals surface area contributed by atoms with Gasteiger partial charge in [-0.2, -0.15) is 0 Å². The predicted octanol–water partition coefficient (Wildman–Crippen LogP) is 4.53. The molecule has 2 N–H and O–H groups in total. The highest BCUT2D eigenvalue weighted by molar-refractivity contribution is 6.31. The zero-order valence-electron chi connectivity index (χ0n) is 14.5. The van der Waals surface area contributed by atoms with Gasteiger partial charge in [-0.1, -0.05) is 29.8 Å². The highest BCUT2D eigenvalue weighted by Gasteiger charge is 2.14. The summed E-state index contributed by atoms with van der Waals surface area (Å²) in [7, 11) is 0. The molecule has 0 saturated heterocycles. The van der Waals surface area contributed by atoms with Crippen LogP contribution in [0.25, 0.3) is 16.7 Å². The number of nitrogens with one attached hydrogen (secondary N) is 2. The van der Waals surface area contributed by atoms with Gasteiger partial charge in [0.15, 0.2) is 0 Å². The monoisotopic (exact) mass is 377 g/mol. The van der Waals surface area contributed by atoms with Crippen LogP contribution in [0.1, 0.15) is 16.1 Å². The molecule has 2 aromatic heterocycles. The number of aryl methyl sites for hydroxylation is 1. The van der Waals surface area contributed by atoms with Crippen molar-refractivity contribution >= 4 is 34.2 Å².